The molecule has 1 heterocycles. The minimum Gasteiger partial charge on any atom is -0.399 e. The summed E-state index contributed by atoms with van der Waals surface area (Å²) in [5, 5.41) is 3.89. The Bertz CT molecular complexity index is 337. The summed E-state index contributed by atoms with van der Waals surface area (Å²) in [5.41, 5.74) is 7.52. The second-order valence-electron chi connectivity index (χ2n) is 2.98. The van der Waals surface area contributed by atoms with Gasteiger partial charge in [-0.3, -0.25) is 0 Å². The van der Waals surface area contributed by atoms with Gasteiger partial charge in [-0.25, -0.2) is 0 Å². The van der Waals surface area contributed by atoms with Crippen molar-refractivity contribution in [3.05, 3.63) is 24.3 Å². The van der Waals surface area contributed by atoms with Crippen LogP contribution < -0.4 is 16.0 Å². The molecule has 68 valence electrons. The summed E-state index contributed by atoms with van der Waals surface area (Å²) in [6.07, 6.45) is 0. The molecule has 0 aliphatic carbocycles. The largest absolute Gasteiger partial charge is 0.399 e. The minimum atomic E-state index is 0.771. The van der Waals surface area contributed by atoms with Crippen LogP contribution in [0.4, 0.5) is 11.4 Å². The lowest BCUT2D eigenvalue weighted by atomic mass is 10.2. The minimum absolute atomic E-state index is 0.771. The van der Waals surface area contributed by atoms with E-state index in [0.717, 1.165) is 29.6 Å². The molecule has 1 saturated heterocycles. The second-order valence-corrected chi connectivity index (χ2v) is 3.37. The second kappa shape index (κ2) is 3.22. The van der Waals surface area contributed by atoms with Crippen molar-refractivity contribution in [1.82, 2.24) is 5.32 Å². The summed E-state index contributed by atoms with van der Waals surface area (Å²) < 4.78 is 0. The third-order valence-electron chi connectivity index (χ3n) is 2.04. The van der Waals surface area contributed by atoms with Crippen molar-refractivity contribution in [2.24, 2.45) is 0 Å². The van der Waals surface area contributed by atoms with Crippen molar-refractivity contribution in [2.75, 3.05) is 23.7 Å². The summed E-state index contributed by atoms with van der Waals surface area (Å²) in [6, 6.07) is 7.75. The first kappa shape index (κ1) is 8.31. The molecule has 4 heteroatoms. The highest BCUT2D eigenvalue weighted by molar-refractivity contribution is 7.80. The molecule has 0 unspecified atom stereocenters. The molecular formula is C9H11N3S. The van der Waals surface area contributed by atoms with Gasteiger partial charge in [-0.2, -0.15) is 0 Å². The van der Waals surface area contributed by atoms with Gasteiger partial charge in [0.25, 0.3) is 0 Å². The first-order chi connectivity index (χ1) is 6.27. The van der Waals surface area contributed by atoms with Gasteiger partial charge in [-0.1, -0.05) is 6.07 Å². The van der Waals surface area contributed by atoms with Gasteiger partial charge in [0.15, 0.2) is 5.11 Å². The summed E-state index contributed by atoms with van der Waals surface area (Å²) in [7, 11) is 0. The smallest absolute Gasteiger partial charge is 0.173 e. The lowest BCUT2D eigenvalue weighted by Crippen LogP contribution is -2.27. The van der Waals surface area contributed by atoms with Crippen LogP contribution in [0.15, 0.2) is 24.3 Å². The number of nitrogen functional groups attached to an aromatic ring is 1. The number of nitrogens with zero attached hydrogens (tertiary/aromatic N) is 1. The van der Waals surface area contributed by atoms with E-state index in [0.29, 0.717) is 0 Å². The molecule has 0 atom stereocenters. The quantitative estimate of drug-likeness (QED) is 0.515. The van der Waals surface area contributed by atoms with Gasteiger partial charge in [0.1, 0.15) is 0 Å². The number of nitrogens with two attached hydrogens (primary N) is 1. The number of nitrogens with one attached hydrogen (secondary N) is 1. The molecule has 0 spiro atoms. The van der Waals surface area contributed by atoms with Gasteiger partial charge >= 0.3 is 0 Å². The molecule has 1 aromatic rings. The molecule has 0 amide bonds. The molecule has 13 heavy (non-hydrogen) atoms. The molecule has 1 aliphatic heterocycles. The number of benzene rings is 1. The Morgan fingerprint density at radius 2 is 2.31 bits per heavy atom. The Morgan fingerprint density at radius 1 is 1.46 bits per heavy atom. The summed E-state index contributed by atoms with van der Waals surface area (Å²) >= 11 is 5.14. The molecule has 2 rings (SSSR count). The Hall–Kier alpha value is -1.29. The zero-order valence-corrected chi connectivity index (χ0v) is 7.97. The Kier molecular flexibility index (Phi) is 2.06. The van der Waals surface area contributed by atoms with Gasteiger partial charge in [-0.15, -0.1) is 0 Å². The van der Waals surface area contributed by atoms with Crippen LogP contribution in [0.2, 0.25) is 0 Å². The normalized spacial score (nSPS) is 16.0. The van der Waals surface area contributed by atoms with Crippen molar-refractivity contribution in [2.45, 2.75) is 0 Å². The van der Waals surface area contributed by atoms with E-state index in [9.17, 15) is 0 Å². The molecule has 3 nitrogen and oxygen atoms in total. The SMILES string of the molecule is Nc1cccc(N2CCNC2=S)c1. The molecule has 0 saturated carbocycles. The summed E-state index contributed by atoms with van der Waals surface area (Å²) in [6.45, 7) is 1.83. The number of thiocarbonyl (C=S) groups is 1. The van der Waals surface area contributed by atoms with E-state index in [1.54, 1.807) is 0 Å². The van der Waals surface area contributed by atoms with Crippen molar-refractivity contribution in [1.29, 1.82) is 0 Å². The van der Waals surface area contributed by atoms with Crippen LogP contribution in [0.1, 0.15) is 0 Å². The monoisotopic (exact) mass is 193 g/mol. The van der Waals surface area contributed by atoms with Crippen molar-refractivity contribution in [3.63, 3.8) is 0 Å². The van der Waals surface area contributed by atoms with E-state index in [1.165, 1.54) is 0 Å². The van der Waals surface area contributed by atoms with E-state index in [4.69, 9.17) is 18.0 Å². The molecule has 0 bridgehead atoms. The van der Waals surface area contributed by atoms with Crippen molar-refractivity contribution in [3.8, 4) is 0 Å². The molecule has 3 N–H and O–H groups in total. The van der Waals surface area contributed by atoms with Gasteiger partial charge in [0, 0.05) is 24.5 Å². The topological polar surface area (TPSA) is 41.3 Å². The molecule has 0 radical (unpaired) electrons. The van der Waals surface area contributed by atoms with E-state index in [-0.39, 0.29) is 0 Å². The van der Waals surface area contributed by atoms with Crippen LogP contribution in [-0.2, 0) is 0 Å². The number of hydrogen-bond acceptors (Lipinski definition) is 2. The third kappa shape index (κ3) is 1.58. The highest BCUT2D eigenvalue weighted by Crippen LogP contribution is 2.18. The fourth-order valence-corrected chi connectivity index (χ4v) is 1.71. The predicted octanol–water partition coefficient (Wildman–Crippen LogP) is 0.963. The highest BCUT2D eigenvalue weighted by atomic mass is 32.1. The Labute approximate surface area is 82.5 Å². The van der Waals surface area contributed by atoms with Crippen LogP contribution in [0, 0.1) is 0 Å². The Morgan fingerprint density at radius 3 is 2.92 bits per heavy atom. The molecule has 1 aromatic carbocycles. The predicted molar refractivity (Wildman–Crippen MR) is 58.8 cm³/mol. The number of anilines is 2. The van der Waals surface area contributed by atoms with Gasteiger partial charge in [0.05, 0.1) is 0 Å². The average molecular weight is 193 g/mol. The third-order valence-corrected chi connectivity index (χ3v) is 2.40. The zero-order chi connectivity index (χ0) is 9.26. The van der Waals surface area contributed by atoms with E-state index < -0.39 is 0 Å². The van der Waals surface area contributed by atoms with Crippen molar-refractivity contribution < 1.29 is 0 Å². The van der Waals surface area contributed by atoms with Gasteiger partial charge in [-0.05, 0) is 30.4 Å². The molecule has 1 aliphatic rings. The van der Waals surface area contributed by atoms with Gasteiger partial charge in [0.2, 0.25) is 0 Å². The fourth-order valence-electron chi connectivity index (χ4n) is 1.41. The standard InChI is InChI=1S/C9H11N3S/c10-7-2-1-3-8(6-7)12-5-4-11-9(12)13/h1-3,6H,4-5,10H2,(H,11,13). The van der Waals surface area contributed by atoms with Crippen LogP contribution in [-0.4, -0.2) is 18.2 Å². The van der Waals surface area contributed by atoms with E-state index >= 15 is 0 Å². The van der Waals surface area contributed by atoms with Crippen LogP contribution in [0.25, 0.3) is 0 Å². The summed E-state index contributed by atoms with van der Waals surface area (Å²) in [5.74, 6) is 0. The first-order valence-corrected chi connectivity index (χ1v) is 4.59. The maximum absolute atomic E-state index is 5.68. The highest BCUT2D eigenvalue weighted by Gasteiger charge is 2.17. The molecular weight excluding hydrogens is 182 g/mol. The zero-order valence-electron chi connectivity index (χ0n) is 7.16. The summed E-state index contributed by atoms with van der Waals surface area (Å²) in [4.78, 5) is 2.05. The van der Waals surface area contributed by atoms with E-state index in [2.05, 4.69) is 5.32 Å². The van der Waals surface area contributed by atoms with Gasteiger partial charge < -0.3 is 16.0 Å². The lowest BCUT2D eigenvalue weighted by molar-refractivity contribution is 0.975. The number of hydrogen-bond donors (Lipinski definition) is 2. The fraction of sp³-hybridized carbons (Fsp3) is 0.222. The van der Waals surface area contributed by atoms with Crippen molar-refractivity contribution >= 4 is 28.7 Å². The maximum Gasteiger partial charge on any atom is 0.173 e. The molecule has 1 fully saturated rings. The lowest BCUT2D eigenvalue weighted by Gasteiger charge is -2.16. The average Bonchev–Trinajstić information content (AvgIpc) is 2.51. The Balaban J connectivity index is 2.29. The number of rotatable bonds is 1. The maximum atomic E-state index is 5.68. The first-order valence-electron chi connectivity index (χ1n) is 4.18. The van der Waals surface area contributed by atoms with Crippen LogP contribution >= 0.6 is 12.2 Å². The molecule has 0 aromatic heterocycles. The van der Waals surface area contributed by atoms with E-state index in [1.807, 2.05) is 29.2 Å². The van der Waals surface area contributed by atoms with Crippen LogP contribution in [0.5, 0.6) is 0 Å². The van der Waals surface area contributed by atoms with Crippen LogP contribution in [0.3, 0.4) is 0 Å².